The normalized spacial score (nSPS) is 24.7. The highest BCUT2D eigenvalue weighted by molar-refractivity contribution is 4.79. The van der Waals surface area contributed by atoms with E-state index in [1.54, 1.807) is 0 Å². The van der Waals surface area contributed by atoms with E-state index in [4.69, 9.17) is 0 Å². The van der Waals surface area contributed by atoms with Crippen LogP contribution >= 0.6 is 0 Å². The lowest BCUT2D eigenvalue weighted by Crippen LogP contribution is -2.39. The van der Waals surface area contributed by atoms with Gasteiger partial charge in [-0.05, 0) is 18.4 Å². The number of rotatable bonds is 2. The fourth-order valence-corrected chi connectivity index (χ4v) is 1.90. The summed E-state index contributed by atoms with van der Waals surface area (Å²) in [6.07, 6.45) is -3.16. The highest BCUT2D eigenvalue weighted by atomic mass is 19.4. The van der Waals surface area contributed by atoms with Crippen LogP contribution in [-0.2, 0) is 0 Å². The summed E-state index contributed by atoms with van der Waals surface area (Å²) in [5.74, 6) is -1.23. The lowest BCUT2D eigenvalue weighted by Gasteiger charge is -2.28. The number of alkyl halides is 3. The van der Waals surface area contributed by atoms with Crippen LogP contribution in [0.1, 0.15) is 27.2 Å². The van der Waals surface area contributed by atoms with Crippen molar-refractivity contribution >= 4 is 0 Å². The minimum Gasteiger partial charge on any atom is -0.315 e. The van der Waals surface area contributed by atoms with Gasteiger partial charge in [0.2, 0.25) is 0 Å². The van der Waals surface area contributed by atoms with Crippen LogP contribution in [0.15, 0.2) is 0 Å². The molecular formula is C12H23F3N2. The Morgan fingerprint density at radius 3 is 2.41 bits per heavy atom. The number of halogens is 3. The molecule has 0 spiro atoms. The van der Waals surface area contributed by atoms with Crippen molar-refractivity contribution in [1.82, 2.24) is 10.2 Å². The lowest BCUT2D eigenvalue weighted by molar-refractivity contribution is -0.175. The fraction of sp³-hybridized carbons (Fsp3) is 1.00. The molecule has 0 aliphatic carbocycles. The monoisotopic (exact) mass is 252 g/mol. The van der Waals surface area contributed by atoms with Gasteiger partial charge in [0.15, 0.2) is 0 Å². The molecule has 1 saturated heterocycles. The zero-order valence-electron chi connectivity index (χ0n) is 10.9. The second kappa shape index (κ2) is 5.57. The first-order valence-electron chi connectivity index (χ1n) is 6.18. The first-order chi connectivity index (χ1) is 7.68. The first kappa shape index (κ1) is 14.8. The minimum absolute atomic E-state index is 0.0511. The maximum Gasteiger partial charge on any atom is 0.394 e. The van der Waals surface area contributed by atoms with E-state index in [-0.39, 0.29) is 18.5 Å². The molecule has 17 heavy (non-hydrogen) atoms. The first-order valence-corrected chi connectivity index (χ1v) is 6.18. The molecule has 1 atom stereocenters. The van der Waals surface area contributed by atoms with E-state index in [2.05, 4.69) is 26.1 Å². The van der Waals surface area contributed by atoms with Gasteiger partial charge in [0.05, 0.1) is 5.92 Å². The van der Waals surface area contributed by atoms with E-state index >= 15 is 0 Å². The van der Waals surface area contributed by atoms with Crippen molar-refractivity contribution in [2.45, 2.75) is 33.4 Å². The van der Waals surface area contributed by atoms with Crippen LogP contribution in [0.5, 0.6) is 0 Å². The van der Waals surface area contributed by atoms with Crippen molar-refractivity contribution in [2.75, 3.05) is 32.7 Å². The molecule has 2 nitrogen and oxygen atoms in total. The van der Waals surface area contributed by atoms with Gasteiger partial charge in [-0.15, -0.1) is 0 Å². The topological polar surface area (TPSA) is 15.3 Å². The Hall–Kier alpha value is -0.290. The second-order valence-corrected chi connectivity index (χ2v) is 6.05. The summed E-state index contributed by atoms with van der Waals surface area (Å²) in [4.78, 5) is 1.93. The molecule has 0 bridgehead atoms. The van der Waals surface area contributed by atoms with E-state index in [1.807, 2.05) is 4.90 Å². The molecular weight excluding hydrogens is 229 g/mol. The van der Waals surface area contributed by atoms with Crippen LogP contribution in [0.3, 0.4) is 0 Å². The molecule has 1 aliphatic rings. The van der Waals surface area contributed by atoms with Gasteiger partial charge in [0.1, 0.15) is 0 Å². The van der Waals surface area contributed by atoms with Crippen molar-refractivity contribution in [3.63, 3.8) is 0 Å². The van der Waals surface area contributed by atoms with Gasteiger partial charge in [-0.1, -0.05) is 20.8 Å². The largest absolute Gasteiger partial charge is 0.394 e. The van der Waals surface area contributed by atoms with Crippen molar-refractivity contribution in [3.8, 4) is 0 Å². The predicted molar refractivity (Wildman–Crippen MR) is 62.9 cm³/mol. The number of hydrogen-bond donors (Lipinski definition) is 1. The zero-order chi connectivity index (χ0) is 13.1. The molecule has 1 fully saturated rings. The number of nitrogens with zero attached hydrogens (tertiary/aromatic N) is 1. The van der Waals surface area contributed by atoms with Crippen molar-refractivity contribution in [2.24, 2.45) is 11.3 Å². The Morgan fingerprint density at radius 1 is 1.24 bits per heavy atom. The molecule has 1 rings (SSSR count). The molecule has 1 unspecified atom stereocenters. The van der Waals surface area contributed by atoms with Gasteiger partial charge < -0.3 is 10.2 Å². The van der Waals surface area contributed by atoms with Crippen molar-refractivity contribution in [3.05, 3.63) is 0 Å². The maximum absolute atomic E-state index is 12.7. The van der Waals surface area contributed by atoms with Crippen LogP contribution in [0.25, 0.3) is 0 Å². The van der Waals surface area contributed by atoms with Gasteiger partial charge in [0.25, 0.3) is 0 Å². The molecule has 102 valence electrons. The highest BCUT2D eigenvalue weighted by Gasteiger charge is 2.40. The molecule has 1 N–H and O–H groups in total. The van der Waals surface area contributed by atoms with E-state index in [0.29, 0.717) is 13.1 Å². The summed E-state index contributed by atoms with van der Waals surface area (Å²) in [6.45, 7) is 8.64. The average molecular weight is 252 g/mol. The van der Waals surface area contributed by atoms with E-state index in [0.717, 1.165) is 13.0 Å². The van der Waals surface area contributed by atoms with Crippen LogP contribution < -0.4 is 5.32 Å². The summed E-state index contributed by atoms with van der Waals surface area (Å²) in [6, 6.07) is 0. The smallest absolute Gasteiger partial charge is 0.315 e. The molecule has 1 heterocycles. The third-order valence-electron chi connectivity index (χ3n) is 3.12. The van der Waals surface area contributed by atoms with Gasteiger partial charge in [-0.2, -0.15) is 13.2 Å². The average Bonchev–Trinajstić information content (AvgIpc) is 2.37. The van der Waals surface area contributed by atoms with Gasteiger partial charge in [-0.3, -0.25) is 0 Å². The van der Waals surface area contributed by atoms with E-state index in [1.165, 1.54) is 0 Å². The van der Waals surface area contributed by atoms with Gasteiger partial charge in [-0.25, -0.2) is 0 Å². The fourth-order valence-electron chi connectivity index (χ4n) is 1.90. The van der Waals surface area contributed by atoms with Crippen LogP contribution in [-0.4, -0.2) is 43.8 Å². The minimum atomic E-state index is -4.09. The zero-order valence-corrected chi connectivity index (χ0v) is 10.9. The van der Waals surface area contributed by atoms with E-state index < -0.39 is 12.1 Å². The number of hydrogen-bond acceptors (Lipinski definition) is 2. The third-order valence-corrected chi connectivity index (χ3v) is 3.12. The van der Waals surface area contributed by atoms with Crippen molar-refractivity contribution < 1.29 is 13.2 Å². The van der Waals surface area contributed by atoms with Crippen molar-refractivity contribution in [1.29, 1.82) is 0 Å². The molecule has 5 heteroatoms. The Kier molecular flexibility index (Phi) is 4.84. The Balaban J connectivity index is 2.49. The molecule has 0 aromatic heterocycles. The standard InChI is InChI=1S/C12H23F3N2/c1-11(2,3)4-6-17-7-5-16-8-10(9-17)12(13,14)15/h10,16H,4-9H2,1-3H3. The Bertz CT molecular complexity index is 233. The molecule has 0 amide bonds. The highest BCUT2D eigenvalue weighted by Crippen LogP contribution is 2.28. The van der Waals surface area contributed by atoms with E-state index in [9.17, 15) is 13.2 Å². The molecule has 0 aromatic rings. The quantitative estimate of drug-likeness (QED) is 0.812. The molecule has 0 radical (unpaired) electrons. The molecule has 1 aliphatic heterocycles. The van der Waals surface area contributed by atoms with Gasteiger partial charge >= 0.3 is 6.18 Å². The second-order valence-electron chi connectivity index (χ2n) is 6.05. The third kappa shape index (κ3) is 5.73. The SMILES string of the molecule is CC(C)(C)CCN1CCNCC(C(F)(F)F)C1. The summed E-state index contributed by atoms with van der Waals surface area (Å²) >= 11 is 0. The predicted octanol–water partition coefficient (Wildman–Crippen LogP) is 2.51. The maximum atomic E-state index is 12.7. The van der Waals surface area contributed by atoms with Crippen LogP contribution in [0.2, 0.25) is 0 Å². The Morgan fingerprint density at radius 2 is 1.88 bits per heavy atom. The van der Waals surface area contributed by atoms with Gasteiger partial charge in [0, 0.05) is 26.2 Å². The molecule has 0 saturated carbocycles. The lowest BCUT2D eigenvalue weighted by atomic mass is 9.92. The number of nitrogens with one attached hydrogen (secondary N) is 1. The summed E-state index contributed by atoms with van der Waals surface area (Å²) < 4.78 is 38.1. The summed E-state index contributed by atoms with van der Waals surface area (Å²) in [5.41, 5.74) is 0.174. The summed E-state index contributed by atoms with van der Waals surface area (Å²) in [5, 5.41) is 2.87. The summed E-state index contributed by atoms with van der Waals surface area (Å²) in [7, 11) is 0. The molecule has 0 aromatic carbocycles. The Labute approximate surface area is 102 Å². The van der Waals surface area contributed by atoms with Crippen LogP contribution in [0, 0.1) is 11.3 Å². The van der Waals surface area contributed by atoms with Crippen LogP contribution in [0.4, 0.5) is 13.2 Å².